The molecule has 120 valence electrons. The highest BCUT2D eigenvalue weighted by Gasteiger charge is 2.31. The molecule has 0 aromatic carbocycles. The van der Waals surface area contributed by atoms with Gasteiger partial charge >= 0.3 is 0 Å². The monoisotopic (exact) mass is 303 g/mol. The number of nitrogens with one attached hydrogen (secondary N) is 1. The maximum Gasteiger partial charge on any atom is 0.0110 e. The maximum atomic E-state index is 3.51. The molecule has 0 amide bonds. The van der Waals surface area contributed by atoms with Crippen molar-refractivity contribution in [3.8, 4) is 0 Å². The predicted octanol–water partition coefficient (Wildman–Crippen LogP) is 2.46. The van der Waals surface area contributed by atoms with Crippen LogP contribution in [0.3, 0.4) is 0 Å². The number of rotatable bonds is 4. The molecule has 2 aliphatic heterocycles. The summed E-state index contributed by atoms with van der Waals surface area (Å²) < 4.78 is 0. The third kappa shape index (κ3) is 5.88. The van der Waals surface area contributed by atoms with E-state index < -0.39 is 0 Å². The molecule has 3 nitrogen and oxygen atoms in total. The molecular formula is C16H34ClN3. The largest absolute Gasteiger partial charge is 0.316 e. The van der Waals surface area contributed by atoms with Gasteiger partial charge in [0.2, 0.25) is 0 Å². The summed E-state index contributed by atoms with van der Waals surface area (Å²) >= 11 is 0. The molecule has 0 aliphatic carbocycles. The average molecular weight is 304 g/mol. The molecule has 20 heavy (non-hydrogen) atoms. The third-order valence-electron chi connectivity index (χ3n) is 4.71. The minimum absolute atomic E-state index is 0. The molecule has 1 unspecified atom stereocenters. The van der Waals surface area contributed by atoms with Gasteiger partial charge in [0.15, 0.2) is 0 Å². The van der Waals surface area contributed by atoms with E-state index in [1.165, 1.54) is 65.2 Å². The lowest BCUT2D eigenvalue weighted by Gasteiger charge is -2.39. The Morgan fingerprint density at radius 3 is 2.15 bits per heavy atom. The first-order chi connectivity index (χ1) is 8.86. The molecule has 0 spiro atoms. The smallest absolute Gasteiger partial charge is 0.0110 e. The Morgan fingerprint density at radius 1 is 1.05 bits per heavy atom. The summed E-state index contributed by atoms with van der Waals surface area (Å²) in [5, 5.41) is 3.51. The molecule has 1 N–H and O–H groups in total. The van der Waals surface area contributed by atoms with Crippen molar-refractivity contribution in [3.05, 3.63) is 0 Å². The van der Waals surface area contributed by atoms with Crippen LogP contribution in [0.15, 0.2) is 0 Å². The van der Waals surface area contributed by atoms with Crippen molar-refractivity contribution >= 4 is 12.4 Å². The average Bonchev–Trinajstić information content (AvgIpc) is 2.74. The topological polar surface area (TPSA) is 18.5 Å². The van der Waals surface area contributed by atoms with Crippen LogP contribution in [0, 0.1) is 10.8 Å². The number of halogens is 1. The zero-order valence-corrected chi connectivity index (χ0v) is 14.7. The van der Waals surface area contributed by atoms with E-state index in [4.69, 9.17) is 0 Å². The van der Waals surface area contributed by atoms with Gasteiger partial charge in [0.25, 0.3) is 0 Å². The van der Waals surface area contributed by atoms with Crippen molar-refractivity contribution in [2.24, 2.45) is 10.8 Å². The van der Waals surface area contributed by atoms with E-state index in [0.717, 1.165) is 0 Å². The van der Waals surface area contributed by atoms with E-state index in [1.807, 2.05) is 0 Å². The first kappa shape index (κ1) is 18.2. The van der Waals surface area contributed by atoms with Gasteiger partial charge in [-0.2, -0.15) is 0 Å². The molecule has 4 heteroatoms. The van der Waals surface area contributed by atoms with E-state index >= 15 is 0 Å². The van der Waals surface area contributed by atoms with E-state index in [2.05, 4.69) is 42.8 Å². The molecule has 0 saturated carbocycles. The summed E-state index contributed by atoms with van der Waals surface area (Å²) in [7, 11) is 0. The summed E-state index contributed by atoms with van der Waals surface area (Å²) in [6.07, 6.45) is 2.66. The van der Waals surface area contributed by atoms with E-state index in [1.54, 1.807) is 0 Å². The van der Waals surface area contributed by atoms with Gasteiger partial charge in [-0.1, -0.05) is 27.7 Å². The number of nitrogens with zero attached hydrogens (tertiary/aromatic N) is 2. The van der Waals surface area contributed by atoms with Gasteiger partial charge in [-0.25, -0.2) is 0 Å². The van der Waals surface area contributed by atoms with Gasteiger partial charge in [-0.15, -0.1) is 12.4 Å². The quantitative estimate of drug-likeness (QED) is 0.861. The zero-order valence-electron chi connectivity index (χ0n) is 13.9. The molecule has 0 bridgehead atoms. The fourth-order valence-electron chi connectivity index (χ4n) is 3.21. The second kappa shape index (κ2) is 7.44. The van der Waals surface area contributed by atoms with Crippen LogP contribution in [0.1, 0.15) is 40.5 Å². The summed E-state index contributed by atoms with van der Waals surface area (Å²) in [4.78, 5) is 5.33. The van der Waals surface area contributed by atoms with Crippen molar-refractivity contribution in [2.45, 2.75) is 40.5 Å². The van der Waals surface area contributed by atoms with Gasteiger partial charge in [-0.05, 0) is 36.8 Å². The minimum atomic E-state index is 0. The van der Waals surface area contributed by atoms with Crippen molar-refractivity contribution in [1.82, 2.24) is 15.1 Å². The van der Waals surface area contributed by atoms with Crippen LogP contribution in [-0.4, -0.2) is 62.2 Å². The lowest BCUT2D eigenvalue weighted by Crippen LogP contribution is -2.50. The van der Waals surface area contributed by atoms with Crippen LogP contribution in [0.4, 0.5) is 0 Å². The highest BCUT2D eigenvalue weighted by Crippen LogP contribution is 2.26. The summed E-state index contributed by atoms with van der Waals surface area (Å²) in [5.74, 6) is 0. The van der Waals surface area contributed by atoms with E-state index in [-0.39, 0.29) is 12.4 Å². The van der Waals surface area contributed by atoms with Crippen LogP contribution in [0.2, 0.25) is 0 Å². The fraction of sp³-hybridized carbons (Fsp3) is 1.00. The number of piperazine rings is 1. The third-order valence-corrected chi connectivity index (χ3v) is 4.71. The van der Waals surface area contributed by atoms with Gasteiger partial charge < -0.3 is 15.1 Å². The molecule has 2 fully saturated rings. The number of hydrogen-bond acceptors (Lipinski definition) is 3. The summed E-state index contributed by atoms with van der Waals surface area (Å²) in [6, 6.07) is 0. The van der Waals surface area contributed by atoms with Crippen LogP contribution in [-0.2, 0) is 0 Å². The van der Waals surface area contributed by atoms with Crippen LogP contribution in [0.5, 0.6) is 0 Å². The maximum absolute atomic E-state index is 3.51. The van der Waals surface area contributed by atoms with Crippen LogP contribution >= 0.6 is 12.4 Å². The second-order valence-corrected chi connectivity index (χ2v) is 8.17. The van der Waals surface area contributed by atoms with Crippen molar-refractivity contribution in [1.29, 1.82) is 0 Å². The lowest BCUT2D eigenvalue weighted by atomic mass is 9.89. The second-order valence-electron chi connectivity index (χ2n) is 8.17. The van der Waals surface area contributed by atoms with Crippen molar-refractivity contribution in [3.63, 3.8) is 0 Å². The summed E-state index contributed by atoms with van der Waals surface area (Å²) in [6.45, 7) is 19.5. The lowest BCUT2D eigenvalue weighted by molar-refractivity contribution is 0.0905. The Bertz CT molecular complexity index is 274. The molecule has 0 aromatic heterocycles. The van der Waals surface area contributed by atoms with Gasteiger partial charge in [0.05, 0.1) is 0 Å². The van der Waals surface area contributed by atoms with Crippen LogP contribution in [0.25, 0.3) is 0 Å². The van der Waals surface area contributed by atoms with Gasteiger partial charge in [-0.3, -0.25) is 0 Å². The molecule has 2 aliphatic rings. The molecule has 0 radical (unpaired) electrons. The molecule has 0 aromatic rings. The van der Waals surface area contributed by atoms with Gasteiger partial charge in [0.1, 0.15) is 0 Å². The first-order valence-electron chi connectivity index (χ1n) is 8.02. The van der Waals surface area contributed by atoms with E-state index in [0.29, 0.717) is 10.8 Å². The first-order valence-corrected chi connectivity index (χ1v) is 8.02. The van der Waals surface area contributed by atoms with Crippen molar-refractivity contribution < 1.29 is 0 Å². The highest BCUT2D eigenvalue weighted by molar-refractivity contribution is 5.85. The predicted molar refractivity (Wildman–Crippen MR) is 89.8 cm³/mol. The Labute approximate surface area is 131 Å². The Hall–Kier alpha value is 0.170. The number of hydrogen-bond donors (Lipinski definition) is 1. The Balaban J connectivity index is 0.00000200. The SMILES string of the molecule is CC(C)(C)CCN1CCN(CC2(C)CCNC2)CC1.Cl. The standard InChI is InChI=1S/C16H33N3.ClH/c1-15(2,3)6-8-18-9-11-19(12-10-18)14-16(4)5-7-17-13-16;/h17H,5-14H2,1-4H3;1H. The molecule has 1 atom stereocenters. The normalized spacial score (nSPS) is 29.4. The minimum Gasteiger partial charge on any atom is -0.316 e. The molecular weight excluding hydrogens is 270 g/mol. The Kier molecular flexibility index (Phi) is 6.78. The summed E-state index contributed by atoms with van der Waals surface area (Å²) in [5.41, 5.74) is 0.994. The van der Waals surface area contributed by atoms with E-state index in [9.17, 15) is 0 Å². The Morgan fingerprint density at radius 2 is 1.65 bits per heavy atom. The van der Waals surface area contributed by atoms with Crippen LogP contribution < -0.4 is 5.32 Å². The van der Waals surface area contributed by atoms with Gasteiger partial charge in [0, 0.05) is 39.3 Å². The highest BCUT2D eigenvalue weighted by atomic mass is 35.5. The van der Waals surface area contributed by atoms with Crippen molar-refractivity contribution in [2.75, 3.05) is 52.4 Å². The molecule has 2 rings (SSSR count). The molecule has 2 saturated heterocycles. The zero-order chi connectivity index (χ0) is 13.9. The molecule has 2 heterocycles. The fourth-order valence-corrected chi connectivity index (χ4v) is 3.21.